The fourth-order valence-corrected chi connectivity index (χ4v) is 5.50. The van der Waals surface area contributed by atoms with E-state index in [0.29, 0.717) is 5.56 Å². The van der Waals surface area contributed by atoms with Gasteiger partial charge in [-0.1, -0.05) is 92.7 Å². The van der Waals surface area contributed by atoms with Crippen LogP contribution in [-0.2, 0) is 5.41 Å². The lowest BCUT2D eigenvalue weighted by molar-refractivity contribution is 0.632. The van der Waals surface area contributed by atoms with Crippen LogP contribution < -0.4 is 4.90 Å². The second kappa shape index (κ2) is 8.52. The van der Waals surface area contributed by atoms with Gasteiger partial charge in [0.25, 0.3) is 0 Å². The minimum absolute atomic E-state index is 0.116. The summed E-state index contributed by atoms with van der Waals surface area (Å²) in [5.74, 6) is 0. The minimum atomic E-state index is -0.116. The van der Waals surface area contributed by atoms with Crippen molar-refractivity contribution < 1.29 is 0 Å². The molecule has 3 nitrogen and oxygen atoms in total. The summed E-state index contributed by atoms with van der Waals surface area (Å²) in [6, 6.07) is 38.5. The highest BCUT2D eigenvalue weighted by molar-refractivity contribution is 5.96. The number of hydrogen-bond donors (Lipinski definition) is 0. The number of nitrogens with zero attached hydrogens (tertiary/aromatic N) is 3. The van der Waals surface area contributed by atoms with E-state index in [4.69, 9.17) is 0 Å². The molecule has 6 rings (SSSR count). The molecule has 0 saturated carbocycles. The molecular weight excluding hydrogens is 438 g/mol. The molecule has 36 heavy (non-hydrogen) atoms. The van der Waals surface area contributed by atoms with E-state index in [1.54, 1.807) is 12.4 Å². The van der Waals surface area contributed by atoms with E-state index in [1.165, 1.54) is 22.5 Å². The molecule has 1 aliphatic heterocycles. The highest BCUT2D eigenvalue weighted by Gasteiger charge is 2.37. The van der Waals surface area contributed by atoms with E-state index in [0.717, 1.165) is 27.9 Å². The highest BCUT2D eigenvalue weighted by atomic mass is 15.2. The van der Waals surface area contributed by atoms with Crippen LogP contribution in [0.2, 0.25) is 0 Å². The zero-order valence-corrected chi connectivity index (χ0v) is 20.3. The van der Waals surface area contributed by atoms with Gasteiger partial charge in [0.05, 0.1) is 22.6 Å². The zero-order valence-electron chi connectivity index (χ0n) is 20.3. The van der Waals surface area contributed by atoms with Gasteiger partial charge in [-0.05, 0) is 46.5 Å². The van der Waals surface area contributed by atoms with Gasteiger partial charge in [-0.2, -0.15) is 5.26 Å². The Hall–Kier alpha value is -4.68. The highest BCUT2D eigenvalue weighted by Crippen LogP contribution is 2.53. The normalized spacial score (nSPS) is 13.4. The predicted molar refractivity (Wildman–Crippen MR) is 147 cm³/mol. The maximum absolute atomic E-state index is 9.77. The van der Waals surface area contributed by atoms with Gasteiger partial charge in [-0.25, -0.2) is 0 Å². The first kappa shape index (κ1) is 21.8. The van der Waals surface area contributed by atoms with E-state index >= 15 is 0 Å². The summed E-state index contributed by atoms with van der Waals surface area (Å²) in [4.78, 5) is 6.56. The monoisotopic (exact) mass is 463 g/mol. The lowest BCUT2D eigenvalue weighted by Crippen LogP contribution is -2.30. The average molecular weight is 464 g/mol. The predicted octanol–water partition coefficient (Wildman–Crippen LogP) is 8.40. The van der Waals surface area contributed by atoms with Crippen LogP contribution >= 0.6 is 0 Å². The summed E-state index contributed by atoms with van der Waals surface area (Å²) in [6.07, 6.45) is 3.38. The molecule has 5 aromatic rings. The standard InChI is InChI=1S/C33H25N3/c1-33(2)28-14-6-9-17-31(28)36(32-18-10-7-15-29(32)33)30-16-8-5-13-27(30)26-12-4-3-11-25(26)24-19-20-35-22-23(24)21-34/h3-20,22H,1-2H3. The fourth-order valence-electron chi connectivity index (χ4n) is 5.50. The molecule has 172 valence electrons. The van der Waals surface area contributed by atoms with Crippen molar-refractivity contribution in [3.05, 3.63) is 132 Å². The summed E-state index contributed by atoms with van der Waals surface area (Å²) in [5.41, 5.74) is 10.6. The van der Waals surface area contributed by atoms with E-state index in [2.05, 4.69) is 121 Å². The molecule has 0 fully saturated rings. The summed E-state index contributed by atoms with van der Waals surface area (Å²) < 4.78 is 0. The number of para-hydroxylation sites is 3. The van der Waals surface area contributed by atoms with Crippen LogP contribution in [0.3, 0.4) is 0 Å². The smallest absolute Gasteiger partial charge is 0.101 e. The second-order valence-electron chi connectivity index (χ2n) is 9.59. The van der Waals surface area contributed by atoms with E-state index in [-0.39, 0.29) is 5.41 Å². The number of anilines is 3. The van der Waals surface area contributed by atoms with Gasteiger partial charge in [0.15, 0.2) is 0 Å². The number of aromatic nitrogens is 1. The van der Waals surface area contributed by atoms with Crippen LogP contribution in [0.5, 0.6) is 0 Å². The number of nitriles is 1. The van der Waals surface area contributed by atoms with Gasteiger partial charge in [0.2, 0.25) is 0 Å². The van der Waals surface area contributed by atoms with Crippen molar-refractivity contribution in [1.82, 2.24) is 4.98 Å². The topological polar surface area (TPSA) is 39.9 Å². The zero-order chi connectivity index (χ0) is 24.7. The quantitative estimate of drug-likeness (QED) is 0.270. The molecule has 0 N–H and O–H groups in total. The van der Waals surface area contributed by atoms with Crippen molar-refractivity contribution in [2.24, 2.45) is 0 Å². The Balaban J connectivity index is 1.63. The molecule has 0 atom stereocenters. The van der Waals surface area contributed by atoms with Crippen molar-refractivity contribution in [3.8, 4) is 28.3 Å². The number of fused-ring (bicyclic) bond motifs is 2. The molecule has 0 aliphatic carbocycles. The fraction of sp³-hybridized carbons (Fsp3) is 0.0909. The summed E-state index contributed by atoms with van der Waals surface area (Å²) in [7, 11) is 0. The summed E-state index contributed by atoms with van der Waals surface area (Å²) >= 11 is 0. The lowest BCUT2D eigenvalue weighted by Gasteiger charge is -2.42. The Morgan fingerprint density at radius 2 is 1.11 bits per heavy atom. The van der Waals surface area contributed by atoms with Crippen molar-refractivity contribution in [3.63, 3.8) is 0 Å². The minimum Gasteiger partial charge on any atom is -0.309 e. The Morgan fingerprint density at radius 3 is 1.72 bits per heavy atom. The molecule has 0 saturated heterocycles. The molecule has 0 spiro atoms. The third-order valence-electron chi connectivity index (χ3n) is 7.23. The SMILES string of the molecule is CC1(C)c2ccccc2N(c2ccccc2-c2ccccc2-c2ccncc2C#N)c2ccccc21. The van der Waals surface area contributed by atoms with Gasteiger partial charge in [-0.15, -0.1) is 0 Å². The van der Waals surface area contributed by atoms with Crippen molar-refractivity contribution >= 4 is 17.1 Å². The Bertz CT molecular complexity index is 1590. The molecule has 1 aliphatic rings. The molecule has 4 aromatic carbocycles. The van der Waals surface area contributed by atoms with Gasteiger partial charge in [0, 0.05) is 28.9 Å². The first-order valence-electron chi connectivity index (χ1n) is 12.1. The molecule has 0 amide bonds. The van der Waals surface area contributed by atoms with Crippen LogP contribution in [0.25, 0.3) is 22.3 Å². The third kappa shape index (κ3) is 3.31. The van der Waals surface area contributed by atoms with Crippen LogP contribution in [0.4, 0.5) is 17.1 Å². The van der Waals surface area contributed by atoms with E-state index < -0.39 is 0 Å². The number of rotatable bonds is 3. The lowest BCUT2D eigenvalue weighted by atomic mass is 9.73. The van der Waals surface area contributed by atoms with Crippen LogP contribution in [0, 0.1) is 11.3 Å². The molecule has 0 radical (unpaired) electrons. The van der Waals surface area contributed by atoms with Crippen LogP contribution in [0.1, 0.15) is 30.5 Å². The molecule has 2 heterocycles. The van der Waals surface area contributed by atoms with Crippen molar-refractivity contribution in [2.75, 3.05) is 4.90 Å². The largest absolute Gasteiger partial charge is 0.309 e. The Kier molecular flexibility index (Phi) is 5.16. The average Bonchev–Trinajstić information content (AvgIpc) is 2.93. The summed E-state index contributed by atoms with van der Waals surface area (Å²) in [6.45, 7) is 4.60. The maximum atomic E-state index is 9.77. The molecule has 3 heteroatoms. The number of benzene rings is 4. The maximum Gasteiger partial charge on any atom is 0.101 e. The first-order chi connectivity index (χ1) is 17.6. The molecule has 0 unspecified atom stereocenters. The van der Waals surface area contributed by atoms with Crippen LogP contribution in [-0.4, -0.2) is 4.98 Å². The Morgan fingerprint density at radius 1 is 0.611 bits per heavy atom. The summed E-state index contributed by atoms with van der Waals surface area (Å²) in [5, 5.41) is 9.77. The van der Waals surface area contributed by atoms with Gasteiger partial charge >= 0.3 is 0 Å². The number of pyridine rings is 1. The number of hydrogen-bond acceptors (Lipinski definition) is 3. The van der Waals surface area contributed by atoms with Gasteiger partial charge < -0.3 is 4.90 Å². The third-order valence-corrected chi connectivity index (χ3v) is 7.23. The van der Waals surface area contributed by atoms with Gasteiger partial charge in [0.1, 0.15) is 6.07 Å². The van der Waals surface area contributed by atoms with Crippen LogP contribution in [0.15, 0.2) is 116 Å². The second-order valence-corrected chi connectivity index (χ2v) is 9.59. The molecule has 1 aromatic heterocycles. The molecular formula is C33H25N3. The van der Waals surface area contributed by atoms with E-state index in [1.807, 2.05) is 12.1 Å². The Labute approximate surface area is 211 Å². The first-order valence-corrected chi connectivity index (χ1v) is 12.1. The van der Waals surface area contributed by atoms with Crippen molar-refractivity contribution in [2.45, 2.75) is 19.3 Å². The van der Waals surface area contributed by atoms with Gasteiger partial charge in [-0.3, -0.25) is 4.98 Å². The van der Waals surface area contributed by atoms with E-state index in [9.17, 15) is 5.26 Å². The van der Waals surface area contributed by atoms with Crippen molar-refractivity contribution in [1.29, 1.82) is 5.26 Å². The molecule has 0 bridgehead atoms.